The summed E-state index contributed by atoms with van der Waals surface area (Å²) in [5.74, 6) is 0.787. The number of rotatable bonds is 1. The van der Waals surface area contributed by atoms with Gasteiger partial charge in [-0.15, -0.1) is 22.7 Å². The van der Waals surface area contributed by atoms with Crippen molar-refractivity contribution in [1.29, 1.82) is 0 Å². The lowest BCUT2D eigenvalue weighted by molar-refractivity contribution is 0.0935. The number of nitrogens with one attached hydrogen (secondary N) is 2. The highest BCUT2D eigenvalue weighted by atomic mass is 32.1. The third-order valence-corrected chi connectivity index (χ3v) is 7.56. The second-order valence-corrected chi connectivity index (χ2v) is 10.4. The smallest absolute Gasteiger partial charge is 0.256 e. The van der Waals surface area contributed by atoms with E-state index in [1.807, 2.05) is 0 Å². The molecule has 2 unspecified atom stereocenters. The van der Waals surface area contributed by atoms with Crippen LogP contribution in [0, 0.1) is 18.3 Å². The van der Waals surface area contributed by atoms with Crippen LogP contribution in [0.3, 0.4) is 0 Å². The molecular weight excluding hydrogens is 336 g/mol. The van der Waals surface area contributed by atoms with E-state index in [0.29, 0.717) is 11.3 Å². The van der Waals surface area contributed by atoms with Crippen molar-refractivity contribution in [2.45, 2.75) is 53.1 Å². The second kappa shape index (κ2) is 5.60. The number of amides is 1. The van der Waals surface area contributed by atoms with Gasteiger partial charge in [0.05, 0.1) is 5.56 Å². The third-order valence-electron chi connectivity index (χ3n) is 5.31. The topological polar surface area (TPSA) is 41.1 Å². The van der Waals surface area contributed by atoms with Crippen LogP contribution in [0.25, 0.3) is 0 Å². The molecule has 0 aromatic carbocycles. The average Bonchev–Trinajstić information content (AvgIpc) is 3.08. The zero-order chi connectivity index (χ0) is 17.1. The van der Waals surface area contributed by atoms with E-state index in [0.717, 1.165) is 23.4 Å². The Labute approximate surface area is 151 Å². The van der Waals surface area contributed by atoms with Gasteiger partial charge in [-0.1, -0.05) is 20.8 Å². The summed E-state index contributed by atoms with van der Waals surface area (Å²) in [6.07, 6.45) is 3.22. The van der Waals surface area contributed by atoms with E-state index in [1.54, 1.807) is 22.7 Å². The van der Waals surface area contributed by atoms with Crippen molar-refractivity contribution < 1.29 is 4.79 Å². The van der Waals surface area contributed by atoms with E-state index in [-0.39, 0.29) is 12.1 Å². The second-order valence-electron chi connectivity index (χ2n) is 8.01. The van der Waals surface area contributed by atoms with E-state index in [9.17, 15) is 4.79 Å². The van der Waals surface area contributed by atoms with Crippen molar-refractivity contribution in [1.82, 2.24) is 5.32 Å². The Kier molecular flexibility index (Phi) is 3.77. The largest absolute Gasteiger partial charge is 0.352 e. The van der Waals surface area contributed by atoms with Gasteiger partial charge in [0.15, 0.2) is 0 Å². The van der Waals surface area contributed by atoms with Crippen molar-refractivity contribution in [3.8, 4) is 0 Å². The molecule has 2 N–H and O–H groups in total. The molecule has 2 aromatic heterocycles. The molecule has 2 atom stereocenters. The Hall–Kier alpha value is -1.33. The zero-order valence-electron chi connectivity index (χ0n) is 14.7. The molecule has 5 heteroatoms. The summed E-state index contributed by atoms with van der Waals surface area (Å²) in [6, 6.07) is 4.21. The van der Waals surface area contributed by atoms with Gasteiger partial charge >= 0.3 is 0 Å². The maximum Gasteiger partial charge on any atom is 0.256 e. The van der Waals surface area contributed by atoms with Crippen LogP contribution in [0.15, 0.2) is 12.1 Å². The number of fused-ring (bicyclic) bond motifs is 3. The van der Waals surface area contributed by atoms with Crippen LogP contribution in [0.5, 0.6) is 0 Å². The number of carbonyl (C=O) groups excluding carboxylic acids is 1. The summed E-state index contributed by atoms with van der Waals surface area (Å²) >= 11 is 3.54. The number of thiophene rings is 2. The van der Waals surface area contributed by atoms with Gasteiger partial charge in [-0.2, -0.15) is 0 Å². The fourth-order valence-electron chi connectivity index (χ4n) is 3.79. The maximum absolute atomic E-state index is 12.7. The minimum atomic E-state index is -0.0952. The fourth-order valence-corrected chi connectivity index (χ4v) is 6.02. The van der Waals surface area contributed by atoms with Gasteiger partial charge in [0.25, 0.3) is 5.91 Å². The maximum atomic E-state index is 12.7. The molecule has 0 saturated carbocycles. The van der Waals surface area contributed by atoms with E-state index >= 15 is 0 Å². The van der Waals surface area contributed by atoms with E-state index in [1.165, 1.54) is 26.6 Å². The monoisotopic (exact) mass is 360 g/mol. The van der Waals surface area contributed by atoms with Crippen LogP contribution < -0.4 is 10.6 Å². The first-order valence-electron chi connectivity index (χ1n) is 8.61. The Morgan fingerprint density at radius 1 is 1.17 bits per heavy atom. The predicted molar refractivity (Wildman–Crippen MR) is 102 cm³/mol. The Morgan fingerprint density at radius 3 is 2.62 bits per heavy atom. The van der Waals surface area contributed by atoms with Crippen LogP contribution in [0.2, 0.25) is 0 Å². The number of aryl methyl sites for hydroxylation is 1. The van der Waals surface area contributed by atoms with Crippen molar-refractivity contribution in [2.75, 3.05) is 5.32 Å². The molecular formula is C19H24N2OS2. The van der Waals surface area contributed by atoms with Crippen molar-refractivity contribution in [3.05, 3.63) is 37.9 Å². The van der Waals surface area contributed by atoms with Gasteiger partial charge in [-0.25, -0.2) is 0 Å². The molecule has 3 heterocycles. The zero-order valence-corrected chi connectivity index (χ0v) is 16.3. The summed E-state index contributed by atoms with van der Waals surface area (Å²) in [4.78, 5) is 16.6. The SMILES string of the molecule is Cc1ccc(C2NC(=O)c3c(sc4c3CCC(C(C)(C)C)C4)N2)s1. The normalized spacial score (nSPS) is 23.2. The van der Waals surface area contributed by atoms with Crippen molar-refractivity contribution in [2.24, 2.45) is 11.3 Å². The molecule has 0 fully saturated rings. The van der Waals surface area contributed by atoms with Gasteiger partial charge in [0.1, 0.15) is 11.2 Å². The van der Waals surface area contributed by atoms with Gasteiger partial charge in [-0.3, -0.25) is 4.79 Å². The van der Waals surface area contributed by atoms with Gasteiger partial charge in [0.2, 0.25) is 0 Å². The van der Waals surface area contributed by atoms with Crippen LogP contribution in [0.1, 0.15) is 63.9 Å². The summed E-state index contributed by atoms with van der Waals surface area (Å²) in [6.45, 7) is 9.09. The molecule has 24 heavy (non-hydrogen) atoms. The van der Waals surface area contributed by atoms with E-state index in [4.69, 9.17) is 0 Å². The highest BCUT2D eigenvalue weighted by Gasteiger charge is 2.36. The minimum absolute atomic E-state index is 0.0894. The van der Waals surface area contributed by atoms with Crippen LogP contribution in [-0.2, 0) is 12.8 Å². The highest BCUT2D eigenvalue weighted by molar-refractivity contribution is 7.17. The molecule has 128 valence electrons. The fraction of sp³-hybridized carbons (Fsp3) is 0.526. The first-order valence-corrected chi connectivity index (χ1v) is 10.2. The molecule has 2 aromatic rings. The Morgan fingerprint density at radius 2 is 1.96 bits per heavy atom. The number of anilines is 1. The number of hydrogen-bond donors (Lipinski definition) is 2. The lowest BCUT2D eigenvalue weighted by atomic mass is 9.72. The van der Waals surface area contributed by atoms with Crippen molar-refractivity contribution >= 4 is 33.6 Å². The third kappa shape index (κ3) is 2.68. The van der Waals surface area contributed by atoms with Crippen molar-refractivity contribution in [3.63, 3.8) is 0 Å². The Balaban J connectivity index is 1.65. The lowest BCUT2D eigenvalue weighted by Crippen LogP contribution is -2.38. The molecule has 0 saturated heterocycles. The van der Waals surface area contributed by atoms with E-state index < -0.39 is 0 Å². The van der Waals surface area contributed by atoms with Gasteiger partial charge in [-0.05, 0) is 55.2 Å². The van der Waals surface area contributed by atoms with Gasteiger partial charge in [0, 0.05) is 14.6 Å². The van der Waals surface area contributed by atoms with Crippen LogP contribution in [-0.4, -0.2) is 5.91 Å². The van der Waals surface area contributed by atoms with Crippen LogP contribution >= 0.6 is 22.7 Å². The lowest BCUT2D eigenvalue weighted by Gasteiger charge is -2.34. The summed E-state index contributed by atoms with van der Waals surface area (Å²) < 4.78 is 0. The van der Waals surface area contributed by atoms with Crippen LogP contribution in [0.4, 0.5) is 5.00 Å². The molecule has 1 aliphatic carbocycles. The Bertz CT molecular complexity index is 797. The summed E-state index contributed by atoms with van der Waals surface area (Å²) in [5.41, 5.74) is 2.53. The molecule has 0 bridgehead atoms. The van der Waals surface area contributed by atoms with Gasteiger partial charge < -0.3 is 10.6 Å². The molecule has 4 rings (SSSR count). The number of carbonyl (C=O) groups is 1. The molecule has 1 amide bonds. The molecule has 0 spiro atoms. The first kappa shape index (κ1) is 16.2. The van der Waals surface area contributed by atoms with E-state index in [2.05, 4.69) is 50.5 Å². The highest BCUT2D eigenvalue weighted by Crippen LogP contribution is 2.46. The molecule has 1 aliphatic heterocycles. The number of hydrogen-bond acceptors (Lipinski definition) is 4. The summed E-state index contributed by atoms with van der Waals surface area (Å²) in [7, 11) is 0. The molecule has 0 radical (unpaired) electrons. The minimum Gasteiger partial charge on any atom is -0.352 e. The predicted octanol–water partition coefficient (Wildman–Crippen LogP) is 5.12. The molecule has 3 nitrogen and oxygen atoms in total. The summed E-state index contributed by atoms with van der Waals surface area (Å²) in [5, 5.41) is 7.78. The first-order chi connectivity index (χ1) is 11.3. The average molecular weight is 361 g/mol. The standard InChI is InChI=1S/C19H24N2OS2/c1-10-5-8-13(23-10)16-20-17(22)15-12-7-6-11(19(2,3)4)9-14(12)24-18(15)21-16/h5,8,11,16,21H,6-7,9H2,1-4H3,(H,20,22). The quantitative estimate of drug-likeness (QED) is 0.741. The molecule has 2 aliphatic rings.